The standard InChI is InChI=1S/C11H7BrF2N2O2S/c12-10-5-8(14)6-15-11(10)16-19(17,18)9-3-1-7(13)2-4-9/h1-6H,(H,15,16). The first kappa shape index (κ1) is 13.9. The molecule has 100 valence electrons. The first-order chi connectivity index (χ1) is 8.88. The first-order valence-electron chi connectivity index (χ1n) is 4.98. The Balaban J connectivity index is 2.33. The summed E-state index contributed by atoms with van der Waals surface area (Å²) in [5.41, 5.74) is 0. The molecule has 0 radical (unpaired) electrons. The second-order valence-electron chi connectivity index (χ2n) is 3.54. The number of hydrogen-bond acceptors (Lipinski definition) is 3. The number of aromatic nitrogens is 1. The van der Waals surface area contributed by atoms with Crippen LogP contribution in [0.15, 0.2) is 45.9 Å². The van der Waals surface area contributed by atoms with Gasteiger partial charge in [-0.05, 0) is 46.3 Å². The van der Waals surface area contributed by atoms with Crippen LogP contribution in [-0.4, -0.2) is 13.4 Å². The van der Waals surface area contributed by atoms with E-state index in [0.29, 0.717) is 0 Å². The van der Waals surface area contributed by atoms with Crippen molar-refractivity contribution in [3.63, 3.8) is 0 Å². The molecule has 0 saturated carbocycles. The van der Waals surface area contributed by atoms with Crippen LogP contribution in [0.2, 0.25) is 0 Å². The van der Waals surface area contributed by atoms with Crippen molar-refractivity contribution in [1.29, 1.82) is 0 Å². The predicted octanol–water partition coefficient (Wildman–Crippen LogP) is 2.92. The molecule has 1 heterocycles. The molecule has 0 unspecified atom stereocenters. The maximum absolute atomic E-state index is 12.8. The highest BCUT2D eigenvalue weighted by atomic mass is 79.9. The Morgan fingerprint density at radius 1 is 1.11 bits per heavy atom. The van der Waals surface area contributed by atoms with Gasteiger partial charge >= 0.3 is 0 Å². The lowest BCUT2D eigenvalue weighted by molar-refractivity contribution is 0.599. The largest absolute Gasteiger partial charge is 0.263 e. The zero-order valence-corrected chi connectivity index (χ0v) is 11.7. The Morgan fingerprint density at radius 2 is 1.74 bits per heavy atom. The summed E-state index contributed by atoms with van der Waals surface area (Å²) in [4.78, 5) is 3.50. The molecule has 0 aliphatic rings. The average Bonchev–Trinajstić information content (AvgIpc) is 2.33. The molecule has 0 fully saturated rings. The van der Waals surface area contributed by atoms with E-state index in [1.54, 1.807) is 0 Å². The highest BCUT2D eigenvalue weighted by molar-refractivity contribution is 9.10. The maximum Gasteiger partial charge on any atom is 0.263 e. The highest BCUT2D eigenvalue weighted by Gasteiger charge is 2.16. The monoisotopic (exact) mass is 348 g/mol. The van der Waals surface area contributed by atoms with Crippen molar-refractivity contribution in [3.8, 4) is 0 Å². The van der Waals surface area contributed by atoms with Gasteiger partial charge in [0.15, 0.2) is 5.82 Å². The molecule has 0 saturated heterocycles. The van der Waals surface area contributed by atoms with Crippen LogP contribution in [0.5, 0.6) is 0 Å². The summed E-state index contributed by atoms with van der Waals surface area (Å²) < 4.78 is 51.8. The molecule has 0 atom stereocenters. The van der Waals surface area contributed by atoms with E-state index >= 15 is 0 Å². The number of anilines is 1. The second-order valence-corrected chi connectivity index (χ2v) is 6.08. The fraction of sp³-hybridized carbons (Fsp3) is 0. The van der Waals surface area contributed by atoms with Crippen molar-refractivity contribution in [2.45, 2.75) is 4.90 Å². The zero-order chi connectivity index (χ0) is 14.0. The van der Waals surface area contributed by atoms with Crippen LogP contribution in [-0.2, 0) is 10.0 Å². The molecule has 2 rings (SSSR count). The summed E-state index contributed by atoms with van der Waals surface area (Å²) in [6.07, 6.45) is 0.882. The fourth-order valence-electron chi connectivity index (χ4n) is 1.29. The molecule has 0 amide bonds. The smallest absolute Gasteiger partial charge is 0.262 e. The Hall–Kier alpha value is -1.54. The van der Waals surface area contributed by atoms with E-state index in [2.05, 4.69) is 25.6 Å². The molecule has 1 aromatic heterocycles. The molecule has 0 bridgehead atoms. The number of sulfonamides is 1. The fourth-order valence-corrected chi connectivity index (χ4v) is 2.87. The number of halogens is 3. The summed E-state index contributed by atoms with van der Waals surface area (Å²) >= 11 is 2.99. The van der Waals surface area contributed by atoms with E-state index in [-0.39, 0.29) is 15.2 Å². The van der Waals surface area contributed by atoms with Crippen LogP contribution in [0.25, 0.3) is 0 Å². The van der Waals surface area contributed by atoms with E-state index in [4.69, 9.17) is 0 Å². The average molecular weight is 349 g/mol. The SMILES string of the molecule is O=S(=O)(Nc1ncc(F)cc1Br)c1ccc(F)cc1. The predicted molar refractivity (Wildman–Crippen MR) is 69.1 cm³/mol. The molecule has 0 spiro atoms. The van der Waals surface area contributed by atoms with Gasteiger partial charge in [-0.15, -0.1) is 0 Å². The summed E-state index contributed by atoms with van der Waals surface area (Å²) in [6.45, 7) is 0. The summed E-state index contributed by atoms with van der Waals surface area (Å²) in [5, 5.41) is 0. The van der Waals surface area contributed by atoms with E-state index in [1.807, 2.05) is 0 Å². The number of nitrogens with one attached hydrogen (secondary N) is 1. The van der Waals surface area contributed by atoms with E-state index in [0.717, 1.165) is 36.5 Å². The topological polar surface area (TPSA) is 59.1 Å². The van der Waals surface area contributed by atoms with Gasteiger partial charge in [0.25, 0.3) is 10.0 Å². The van der Waals surface area contributed by atoms with Gasteiger partial charge < -0.3 is 0 Å². The Kier molecular flexibility index (Phi) is 3.81. The molecule has 2 aromatic rings. The van der Waals surface area contributed by atoms with Crippen LogP contribution in [0, 0.1) is 11.6 Å². The molecule has 4 nitrogen and oxygen atoms in total. The van der Waals surface area contributed by atoms with Crippen LogP contribution in [0.4, 0.5) is 14.6 Å². The number of pyridine rings is 1. The normalized spacial score (nSPS) is 11.3. The number of rotatable bonds is 3. The zero-order valence-electron chi connectivity index (χ0n) is 9.27. The lowest BCUT2D eigenvalue weighted by atomic mass is 10.4. The van der Waals surface area contributed by atoms with Crippen molar-refractivity contribution in [2.24, 2.45) is 0 Å². The summed E-state index contributed by atoms with van der Waals surface area (Å²) in [6, 6.07) is 5.38. The van der Waals surface area contributed by atoms with Crippen LogP contribution in [0.1, 0.15) is 0 Å². The van der Waals surface area contributed by atoms with Crippen molar-refractivity contribution in [2.75, 3.05) is 4.72 Å². The lowest BCUT2D eigenvalue weighted by Gasteiger charge is -2.08. The molecular weight excluding hydrogens is 342 g/mol. The minimum atomic E-state index is -3.90. The quantitative estimate of drug-likeness (QED) is 0.927. The molecular formula is C11H7BrF2N2O2S. The molecule has 0 aliphatic heterocycles. The van der Waals surface area contributed by atoms with Gasteiger partial charge in [-0.2, -0.15) is 0 Å². The van der Waals surface area contributed by atoms with Gasteiger partial charge in [-0.25, -0.2) is 22.2 Å². The van der Waals surface area contributed by atoms with Crippen molar-refractivity contribution < 1.29 is 17.2 Å². The molecule has 1 aromatic carbocycles. The van der Waals surface area contributed by atoms with E-state index in [1.165, 1.54) is 0 Å². The third kappa shape index (κ3) is 3.27. The molecule has 0 aliphatic carbocycles. The van der Waals surface area contributed by atoms with E-state index < -0.39 is 21.7 Å². The van der Waals surface area contributed by atoms with Gasteiger partial charge in [0.05, 0.1) is 15.6 Å². The Morgan fingerprint density at radius 3 is 2.32 bits per heavy atom. The van der Waals surface area contributed by atoms with Crippen LogP contribution in [0.3, 0.4) is 0 Å². The third-order valence-corrected chi connectivity index (χ3v) is 4.12. The minimum absolute atomic E-state index is 0.0503. The van der Waals surface area contributed by atoms with Crippen molar-refractivity contribution in [3.05, 3.63) is 52.6 Å². The van der Waals surface area contributed by atoms with Gasteiger partial charge in [0, 0.05) is 0 Å². The number of nitrogens with zero attached hydrogens (tertiary/aromatic N) is 1. The van der Waals surface area contributed by atoms with E-state index in [9.17, 15) is 17.2 Å². The van der Waals surface area contributed by atoms with Gasteiger partial charge in [0.2, 0.25) is 0 Å². The minimum Gasteiger partial charge on any atom is -0.262 e. The molecule has 8 heteroatoms. The maximum atomic E-state index is 12.8. The Bertz CT molecular complexity index is 705. The number of hydrogen-bond donors (Lipinski definition) is 1. The lowest BCUT2D eigenvalue weighted by Crippen LogP contribution is -2.14. The summed E-state index contributed by atoms with van der Waals surface area (Å²) in [7, 11) is -3.90. The van der Waals surface area contributed by atoms with Crippen LogP contribution < -0.4 is 4.72 Å². The molecule has 1 N–H and O–H groups in total. The molecule has 19 heavy (non-hydrogen) atoms. The third-order valence-electron chi connectivity index (χ3n) is 2.16. The van der Waals surface area contributed by atoms with Crippen molar-refractivity contribution in [1.82, 2.24) is 4.98 Å². The Labute approximate surface area is 116 Å². The van der Waals surface area contributed by atoms with Crippen LogP contribution >= 0.6 is 15.9 Å². The second kappa shape index (κ2) is 5.22. The highest BCUT2D eigenvalue weighted by Crippen LogP contribution is 2.23. The van der Waals surface area contributed by atoms with Crippen molar-refractivity contribution >= 4 is 31.8 Å². The van der Waals surface area contributed by atoms with Gasteiger partial charge in [0.1, 0.15) is 11.6 Å². The number of benzene rings is 1. The van der Waals surface area contributed by atoms with Gasteiger partial charge in [-0.1, -0.05) is 0 Å². The summed E-state index contributed by atoms with van der Waals surface area (Å²) in [5.74, 6) is -1.19. The first-order valence-corrected chi connectivity index (χ1v) is 7.25. The van der Waals surface area contributed by atoms with Gasteiger partial charge in [-0.3, -0.25) is 4.72 Å².